The maximum Gasteiger partial charge on any atom is 0.338 e. The van der Waals surface area contributed by atoms with E-state index in [1.165, 1.54) is 20.8 Å². The number of carbonyl (C=O) groups is 5. The Hall–Kier alpha value is -3.75. The molecule has 1 aromatic rings. The first-order valence-electron chi connectivity index (χ1n) is 14.3. The number of ketones is 1. The van der Waals surface area contributed by atoms with Crippen LogP contribution in [0.15, 0.2) is 54.1 Å². The molecule has 0 aromatic heterocycles. The molecule has 42 heavy (non-hydrogen) atoms. The topological polar surface area (TPSA) is 122 Å². The Labute approximate surface area is 247 Å². The lowest BCUT2D eigenvalue weighted by atomic mass is 9.75. The second-order valence-electron chi connectivity index (χ2n) is 12.1. The smallest absolute Gasteiger partial charge is 0.338 e. The fourth-order valence-corrected chi connectivity index (χ4v) is 6.05. The molecule has 7 atom stereocenters. The first-order valence-corrected chi connectivity index (χ1v) is 14.3. The van der Waals surface area contributed by atoms with Gasteiger partial charge in [-0.05, 0) is 50.8 Å². The molecule has 0 bridgehead atoms. The number of ether oxygens (including phenoxy) is 4. The second-order valence-corrected chi connectivity index (χ2v) is 12.1. The Morgan fingerprint density at radius 1 is 0.881 bits per heavy atom. The fourth-order valence-electron chi connectivity index (χ4n) is 6.05. The van der Waals surface area contributed by atoms with Gasteiger partial charge in [0.15, 0.2) is 5.60 Å². The van der Waals surface area contributed by atoms with Gasteiger partial charge in [-0.2, -0.15) is 0 Å². The molecule has 9 nitrogen and oxygen atoms in total. The number of Topliss-reactive ketones (excluding diaryl/α,β-unsaturated/α-hetero) is 1. The Kier molecular flexibility index (Phi) is 10.2. The Bertz CT molecular complexity index is 1260. The minimum absolute atomic E-state index is 0.0850. The van der Waals surface area contributed by atoms with Crippen LogP contribution in [-0.4, -0.2) is 53.6 Å². The lowest BCUT2D eigenvalue weighted by Crippen LogP contribution is -2.55. The number of hydrogen-bond acceptors (Lipinski definition) is 9. The van der Waals surface area contributed by atoms with Gasteiger partial charge in [0.05, 0.1) is 11.5 Å². The van der Waals surface area contributed by atoms with Crippen LogP contribution in [0.5, 0.6) is 0 Å². The van der Waals surface area contributed by atoms with Gasteiger partial charge < -0.3 is 18.9 Å². The summed E-state index contributed by atoms with van der Waals surface area (Å²) >= 11 is 0. The molecule has 0 heterocycles. The summed E-state index contributed by atoms with van der Waals surface area (Å²) in [4.78, 5) is 64.0. The van der Waals surface area contributed by atoms with E-state index in [9.17, 15) is 24.0 Å². The van der Waals surface area contributed by atoms with Crippen molar-refractivity contribution in [1.82, 2.24) is 0 Å². The van der Waals surface area contributed by atoms with Gasteiger partial charge in [-0.1, -0.05) is 50.3 Å². The minimum Gasteiger partial charge on any atom is -0.458 e. The van der Waals surface area contributed by atoms with Gasteiger partial charge in [0.25, 0.3) is 0 Å². The van der Waals surface area contributed by atoms with Crippen molar-refractivity contribution in [2.24, 2.45) is 23.2 Å². The van der Waals surface area contributed by atoms with Crippen LogP contribution in [0, 0.1) is 23.2 Å². The number of carbonyl (C=O) groups excluding carboxylic acids is 5. The summed E-state index contributed by atoms with van der Waals surface area (Å²) < 4.78 is 23.8. The lowest BCUT2D eigenvalue weighted by Gasteiger charge is -2.43. The van der Waals surface area contributed by atoms with Crippen LogP contribution >= 0.6 is 0 Å². The molecule has 0 radical (unpaired) electrons. The van der Waals surface area contributed by atoms with Gasteiger partial charge >= 0.3 is 23.9 Å². The number of hydrogen-bond donors (Lipinski definition) is 0. The molecule has 1 aromatic carbocycles. The van der Waals surface area contributed by atoms with E-state index in [1.54, 1.807) is 69.3 Å². The van der Waals surface area contributed by atoms with Crippen molar-refractivity contribution < 1.29 is 42.9 Å². The first-order chi connectivity index (χ1) is 19.6. The van der Waals surface area contributed by atoms with Gasteiger partial charge in [-0.3, -0.25) is 19.2 Å². The molecule has 3 rings (SSSR count). The van der Waals surface area contributed by atoms with Crippen molar-refractivity contribution in [2.75, 3.05) is 0 Å². The summed E-state index contributed by atoms with van der Waals surface area (Å²) in [5.41, 5.74) is -1.51. The first kappa shape index (κ1) is 32.8. The Morgan fingerprint density at radius 3 is 2.07 bits per heavy atom. The minimum atomic E-state index is -1.45. The summed E-state index contributed by atoms with van der Waals surface area (Å²) in [6.07, 6.45) is 2.67. The zero-order valence-corrected chi connectivity index (χ0v) is 25.7. The van der Waals surface area contributed by atoms with Crippen molar-refractivity contribution in [1.29, 1.82) is 0 Å². The SMILES string of the molecule is CC(=O)O[C@@H]1CC(=O)C(C)(C)C=C[C@H](C)[C@H](OC(C)=O)[C@@]2(OC(C)=O)C[C@@H](C)[C@H](OC(=O)c3ccccc3)[C@@H]2C=C1C. The second kappa shape index (κ2) is 13.0. The maximum absolute atomic E-state index is 13.4. The largest absolute Gasteiger partial charge is 0.458 e. The monoisotopic (exact) mass is 582 g/mol. The van der Waals surface area contributed by atoms with Gasteiger partial charge in [-0.15, -0.1) is 0 Å². The molecule has 1 fully saturated rings. The van der Waals surface area contributed by atoms with E-state index in [1.807, 2.05) is 13.8 Å². The quantitative estimate of drug-likeness (QED) is 0.263. The molecule has 0 N–H and O–H groups in total. The number of benzene rings is 1. The highest BCUT2D eigenvalue weighted by Crippen LogP contribution is 2.51. The predicted molar refractivity (Wildman–Crippen MR) is 154 cm³/mol. The average molecular weight is 583 g/mol. The van der Waals surface area contributed by atoms with E-state index in [2.05, 4.69) is 0 Å². The van der Waals surface area contributed by atoms with Crippen LogP contribution in [0.2, 0.25) is 0 Å². The van der Waals surface area contributed by atoms with Crippen molar-refractivity contribution in [3.05, 3.63) is 59.7 Å². The fraction of sp³-hybridized carbons (Fsp3) is 0.545. The van der Waals surface area contributed by atoms with E-state index >= 15 is 0 Å². The standard InChI is InChI=1S/C33H42O9/c1-19-14-15-32(7,8)28(37)17-27(39-22(4)34)20(2)16-26-29(41-31(38)25-12-10-9-11-13-25)21(3)18-33(26,42-24(6)36)30(19)40-23(5)35/h9-16,19,21,26-27,29-30H,17-18H2,1-8H3/t19-,21+,26-,27+,29-,30-,33+/m0/s1. The Balaban J connectivity index is 2.29. The lowest BCUT2D eigenvalue weighted by molar-refractivity contribution is -0.195. The van der Waals surface area contributed by atoms with Gasteiger partial charge in [0.2, 0.25) is 0 Å². The number of fused-ring (bicyclic) bond motifs is 1. The third kappa shape index (κ3) is 7.36. The van der Waals surface area contributed by atoms with Gasteiger partial charge in [-0.25, -0.2) is 4.79 Å². The van der Waals surface area contributed by atoms with E-state index < -0.39 is 65.0 Å². The van der Waals surface area contributed by atoms with Crippen molar-refractivity contribution in [2.45, 2.75) is 92.1 Å². The van der Waals surface area contributed by atoms with Crippen molar-refractivity contribution in [3.8, 4) is 0 Å². The van der Waals surface area contributed by atoms with E-state index in [0.717, 1.165) is 0 Å². The normalized spacial score (nSPS) is 31.0. The summed E-state index contributed by atoms with van der Waals surface area (Å²) in [5, 5.41) is 0. The van der Waals surface area contributed by atoms with Gasteiger partial charge in [0.1, 0.15) is 24.1 Å². The highest BCUT2D eigenvalue weighted by molar-refractivity contribution is 5.89. The van der Waals surface area contributed by atoms with Crippen LogP contribution in [0.25, 0.3) is 0 Å². The molecular formula is C33H42O9. The number of esters is 4. The molecule has 0 spiro atoms. The van der Waals surface area contributed by atoms with Crippen LogP contribution < -0.4 is 0 Å². The Morgan fingerprint density at radius 2 is 1.50 bits per heavy atom. The molecule has 2 aliphatic rings. The average Bonchev–Trinajstić information content (AvgIpc) is 3.14. The van der Waals surface area contributed by atoms with Crippen LogP contribution in [0.1, 0.15) is 78.6 Å². The van der Waals surface area contributed by atoms with Crippen LogP contribution in [0.3, 0.4) is 0 Å². The molecule has 1 saturated carbocycles. The molecule has 0 unspecified atom stereocenters. The highest BCUT2D eigenvalue weighted by atomic mass is 16.6. The molecule has 228 valence electrons. The third-order valence-electron chi connectivity index (χ3n) is 8.12. The zero-order valence-electron chi connectivity index (χ0n) is 25.7. The summed E-state index contributed by atoms with van der Waals surface area (Å²) in [6, 6.07) is 8.52. The molecule has 0 aliphatic heterocycles. The molecule has 0 saturated heterocycles. The van der Waals surface area contributed by atoms with E-state index in [4.69, 9.17) is 18.9 Å². The van der Waals surface area contributed by atoms with Crippen molar-refractivity contribution >= 4 is 29.7 Å². The molecular weight excluding hydrogens is 540 g/mol. The van der Waals surface area contributed by atoms with E-state index in [-0.39, 0.29) is 24.5 Å². The molecule has 9 heteroatoms. The number of rotatable bonds is 5. The third-order valence-corrected chi connectivity index (χ3v) is 8.12. The van der Waals surface area contributed by atoms with Crippen molar-refractivity contribution in [3.63, 3.8) is 0 Å². The predicted octanol–water partition coefficient (Wildman–Crippen LogP) is 5.17. The number of allylic oxidation sites excluding steroid dienone is 1. The summed E-state index contributed by atoms with van der Waals surface area (Å²) in [5.74, 6) is -4.12. The maximum atomic E-state index is 13.4. The zero-order chi connectivity index (χ0) is 31.4. The summed E-state index contributed by atoms with van der Waals surface area (Å²) in [6.45, 7) is 12.8. The molecule has 2 aliphatic carbocycles. The van der Waals surface area contributed by atoms with Crippen LogP contribution in [-0.2, 0) is 38.1 Å². The summed E-state index contributed by atoms with van der Waals surface area (Å²) in [7, 11) is 0. The van der Waals surface area contributed by atoms with Gasteiger partial charge in [0, 0.05) is 38.5 Å². The molecule has 0 amide bonds. The van der Waals surface area contributed by atoms with Crippen LogP contribution in [0.4, 0.5) is 0 Å². The highest BCUT2D eigenvalue weighted by Gasteiger charge is 2.62. The van der Waals surface area contributed by atoms with E-state index in [0.29, 0.717) is 11.1 Å².